The second kappa shape index (κ2) is 10.1. The fourth-order valence-electron chi connectivity index (χ4n) is 2.24. The number of benzene rings is 1. The average molecular weight is 405 g/mol. The number of halogens is 3. The summed E-state index contributed by atoms with van der Waals surface area (Å²) in [6, 6.07) is 3.01. The second-order valence-electron chi connectivity index (χ2n) is 4.83. The SMILES string of the molecule is Cl.Cl.O=[N+]([O-])c1c(F)cccc1S(=O)(=O)NCCN1CCNCC1. The van der Waals surface area contributed by atoms with Gasteiger partial charge in [0.1, 0.15) is 0 Å². The molecule has 0 amide bonds. The quantitative estimate of drug-likeness (QED) is 0.535. The van der Waals surface area contributed by atoms with Crippen molar-refractivity contribution in [2.45, 2.75) is 4.90 Å². The molecule has 24 heavy (non-hydrogen) atoms. The van der Waals surface area contributed by atoms with Gasteiger partial charge in [-0.3, -0.25) is 15.0 Å². The number of nitrogens with zero attached hydrogens (tertiary/aromatic N) is 2. The third-order valence-corrected chi connectivity index (χ3v) is 4.84. The van der Waals surface area contributed by atoms with E-state index in [-0.39, 0.29) is 31.4 Å². The Morgan fingerprint density at radius 3 is 2.50 bits per heavy atom. The van der Waals surface area contributed by atoms with Crippen LogP contribution in [-0.2, 0) is 10.0 Å². The molecule has 1 aromatic rings. The fraction of sp³-hybridized carbons (Fsp3) is 0.500. The van der Waals surface area contributed by atoms with Crippen molar-refractivity contribution in [1.29, 1.82) is 0 Å². The molecule has 0 bridgehead atoms. The van der Waals surface area contributed by atoms with Crippen LogP contribution >= 0.6 is 24.8 Å². The molecule has 0 saturated carbocycles. The average Bonchev–Trinajstić information content (AvgIpc) is 2.47. The zero-order chi connectivity index (χ0) is 16.2. The maximum atomic E-state index is 13.5. The monoisotopic (exact) mass is 404 g/mol. The zero-order valence-electron chi connectivity index (χ0n) is 12.6. The molecule has 1 heterocycles. The van der Waals surface area contributed by atoms with Crippen LogP contribution in [0.3, 0.4) is 0 Å². The first-order valence-corrected chi connectivity index (χ1v) is 8.26. The van der Waals surface area contributed by atoms with Crippen molar-refractivity contribution in [3.63, 3.8) is 0 Å². The van der Waals surface area contributed by atoms with Gasteiger partial charge in [0.25, 0.3) is 0 Å². The van der Waals surface area contributed by atoms with Crippen LogP contribution in [0.15, 0.2) is 23.1 Å². The predicted octanol–water partition coefficient (Wildman–Crippen LogP) is 0.761. The molecule has 8 nitrogen and oxygen atoms in total. The lowest BCUT2D eigenvalue weighted by atomic mass is 10.3. The van der Waals surface area contributed by atoms with Gasteiger partial charge >= 0.3 is 5.69 Å². The molecule has 0 aliphatic carbocycles. The standard InChI is InChI=1S/C12H17FN4O4S.2ClH/c13-10-2-1-3-11(12(10)17(18)19)22(20,21)15-6-9-16-7-4-14-5-8-16;;/h1-3,14-15H,4-9H2;2*1H. The van der Waals surface area contributed by atoms with Crippen LogP contribution < -0.4 is 10.0 Å². The molecule has 1 fully saturated rings. The van der Waals surface area contributed by atoms with E-state index in [4.69, 9.17) is 0 Å². The molecule has 1 aliphatic rings. The number of piperazine rings is 1. The maximum absolute atomic E-state index is 13.5. The molecule has 1 aliphatic heterocycles. The van der Waals surface area contributed by atoms with E-state index in [1.807, 2.05) is 0 Å². The van der Waals surface area contributed by atoms with E-state index >= 15 is 0 Å². The summed E-state index contributed by atoms with van der Waals surface area (Å²) in [6.45, 7) is 3.88. The van der Waals surface area contributed by atoms with Crippen molar-refractivity contribution in [1.82, 2.24) is 14.9 Å². The fourth-order valence-corrected chi connectivity index (χ4v) is 3.44. The molecule has 0 unspecified atom stereocenters. The van der Waals surface area contributed by atoms with Gasteiger partial charge in [0.05, 0.1) is 4.92 Å². The molecule has 1 aromatic carbocycles. The van der Waals surface area contributed by atoms with Crippen molar-refractivity contribution in [2.24, 2.45) is 0 Å². The Hall–Kier alpha value is -1.04. The van der Waals surface area contributed by atoms with Gasteiger partial charge in [0, 0.05) is 39.3 Å². The van der Waals surface area contributed by atoms with Crippen LogP contribution in [0.4, 0.5) is 10.1 Å². The van der Waals surface area contributed by atoms with E-state index in [1.165, 1.54) is 0 Å². The highest BCUT2D eigenvalue weighted by atomic mass is 35.5. The van der Waals surface area contributed by atoms with E-state index < -0.39 is 31.3 Å². The first kappa shape index (κ1) is 23.0. The first-order valence-electron chi connectivity index (χ1n) is 6.77. The lowest BCUT2D eigenvalue weighted by Gasteiger charge is -2.27. The molecule has 0 aromatic heterocycles. The molecule has 0 radical (unpaired) electrons. The van der Waals surface area contributed by atoms with Crippen molar-refractivity contribution in [2.75, 3.05) is 39.3 Å². The van der Waals surface area contributed by atoms with Crippen LogP contribution in [0.25, 0.3) is 0 Å². The molecular formula is C12H19Cl2FN4O4S. The first-order chi connectivity index (χ1) is 10.4. The van der Waals surface area contributed by atoms with E-state index in [0.29, 0.717) is 6.54 Å². The van der Waals surface area contributed by atoms with Gasteiger partial charge in [-0.05, 0) is 12.1 Å². The molecule has 1 saturated heterocycles. The van der Waals surface area contributed by atoms with Crippen molar-refractivity contribution >= 4 is 40.5 Å². The number of rotatable bonds is 6. The summed E-state index contributed by atoms with van der Waals surface area (Å²) in [5.41, 5.74) is -1.03. The van der Waals surface area contributed by atoms with Crippen LogP contribution in [0.1, 0.15) is 0 Å². The minimum absolute atomic E-state index is 0. The number of nitro groups is 1. The van der Waals surface area contributed by atoms with Gasteiger partial charge < -0.3 is 5.32 Å². The molecule has 12 heteroatoms. The molecule has 138 valence electrons. The van der Waals surface area contributed by atoms with Gasteiger partial charge in [0.15, 0.2) is 4.90 Å². The van der Waals surface area contributed by atoms with Gasteiger partial charge in [-0.15, -0.1) is 24.8 Å². The lowest BCUT2D eigenvalue weighted by Crippen LogP contribution is -2.46. The minimum atomic E-state index is -4.13. The Labute approximate surface area is 151 Å². The maximum Gasteiger partial charge on any atom is 0.324 e. The van der Waals surface area contributed by atoms with Gasteiger partial charge in [-0.1, -0.05) is 6.07 Å². The molecule has 2 N–H and O–H groups in total. The highest BCUT2D eigenvalue weighted by Crippen LogP contribution is 2.26. The van der Waals surface area contributed by atoms with E-state index in [9.17, 15) is 22.9 Å². The van der Waals surface area contributed by atoms with Gasteiger partial charge in [-0.2, -0.15) is 4.39 Å². The number of nitro benzene ring substituents is 1. The Bertz CT molecular complexity index is 656. The number of nitrogens with one attached hydrogen (secondary N) is 2. The summed E-state index contributed by atoms with van der Waals surface area (Å²) in [6.07, 6.45) is 0. The highest BCUT2D eigenvalue weighted by Gasteiger charge is 2.29. The number of hydrogen-bond acceptors (Lipinski definition) is 6. The second-order valence-corrected chi connectivity index (χ2v) is 6.57. The molecule has 0 spiro atoms. The normalized spacial score (nSPS) is 15.2. The Morgan fingerprint density at radius 1 is 1.29 bits per heavy atom. The summed E-state index contributed by atoms with van der Waals surface area (Å²) in [5.74, 6) is -1.17. The topological polar surface area (TPSA) is 105 Å². The lowest BCUT2D eigenvalue weighted by molar-refractivity contribution is -0.390. The Kier molecular flexibility index (Phi) is 9.63. The number of hydrogen-bond donors (Lipinski definition) is 2. The van der Waals surface area contributed by atoms with Crippen molar-refractivity contribution < 1.29 is 17.7 Å². The predicted molar refractivity (Wildman–Crippen MR) is 92.0 cm³/mol. The Morgan fingerprint density at radius 2 is 1.92 bits per heavy atom. The van der Waals surface area contributed by atoms with E-state index in [1.54, 1.807) is 0 Å². The Balaban J connectivity index is 0.00000264. The van der Waals surface area contributed by atoms with Crippen LogP contribution in [0, 0.1) is 15.9 Å². The summed E-state index contributed by atoms with van der Waals surface area (Å²) in [7, 11) is -4.13. The molecule has 2 rings (SSSR count). The van der Waals surface area contributed by atoms with E-state index in [2.05, 4.69) is 14.9 Å². The number of para-hydroxylation sites is 1. The summed E-state index contributed by atoms with van der Waals surface area (Å²) >= 11 is 0. The van der Waals surface area contributed by atoms with Crippen LogP contribution in [0.2, 0.25) is 0 Å². The molecule has 0 atom stereocenters. The number of sulfonamides is 1. The van der Waals surface area contributed by atoms with Crippen molar-refractivity contribution in [3.8, 4) is 0 Å². The largest absolute Gasteiger partial charge is 0.324 e. The van der Waals surface area contributed by atoms with Crippen LogP contribution in [0.5, 0.6) is 0 Å². The minimum Gasteiger partial charge on any atom is -0.314 e. The molecular weight excluding hydrogens is 386 g/mol. The van der Waals surface area contributed by atoms with Gasteiger partial charge in [-0.25, -0.2) is 13.1 Å². The summed E-state index contributed by atoms with van der Waals surface area (Å²) < 4.78 is 40.1. The third kappa shape index (κ3) is 5.80. The van der Waals surface area contributed by atoms with E-state index in [0.717, 1.165) is 44.4 Å². The summed E-state index contributed by atoms with van der Waals surface area (Å²) in [4.78, 5) is 11.3. The summed E-state index contributed by atoms with van der Waals surface area (Å²) in [5, 5.41) is 14.0. The van der Waals surface area contributed by atoms with Crippen LogP contribution in [-0.4, -0.2) is 57.5 Å². The third-order valence-electron chi connectivity index (χ3n) is 3.35. The smallest absolute Gasteiger partial charge is 0.314 e. The van der Waals surface area contributed by atoms with Gasteiger partial charge in [0.2, 0.25) is 15.8 Å². The zero-order valence-corrected chi connectivity index (χ0v) is 15.1. The van der Waals surface area contributed by atoms with Crippen molar-refractivity contribution in [3.05, 3.63) is 34.1 Å². The highest BCUT2D eigenvalue weighted by molar-refractivity contribution is 7.89.